The van der Waals surface area contributed by atoms with Crippen LogP contribution in [-0.4, -0.2) is 30.1 Å². The van der Waals surface area contributed by atoms with Crippen LogP contribution in [0.25, 0.3) is 5.57 Å². The second-order valence-corrected chi connectivity index (χ2v) is 5.85. The van der Waals surface area contributed by atoms with Crippen LogP contribution in [-0.2, 0) is 4.79 Å². The molecular weight excluding hydrogens is 291 g/mol. The molecule has 5 heteroatoms. The zero-order valence-corrected chi connectivity index (χ0v) is 13.3. The normalized spacial score (nSPS) is 14.1. The van der Waals surface area contributed by atoms with E-state index in [2.05, 4.69) is 0 Å². The summed E-state index contributed by atoms with van der Waals surface area (Å²) in [7, 11) is 1.53. The zero-order chi connectivity index (χ0) is 16.9. The molecule has 0 N–H and O–H groups in total. The van der Waals surface area contributed by atoms with Gasteiger partial charge in [-0.2, -0.15) is 13.2 Å². The van der Waals surface area contributed by atoms with E-state index in [-0.39, 0.29) is 11.6 Å². The maximum atomic E-state index is 13.2. The number of halogens is 3. The molecule has 122 valence electrons. The Bertz CT molecular complexity index is 520. The Kier molecular flexibility index (Phi) is 6.21. The molecule has 1 aromatic carbocycles. The van der Waals surface area contributed by atoms with Gasteiger partial charge in [0.15, 0.2) is 0 Å². The predicted molar refractivity (Wildman–Crippen MR) is 82.2 cm³/mol. The highest BCUT2D eigenvalue weighted by molar-refractivity contribution is 5.96. The van der Waals surface area contributed by atoms with E-state index in [1.165, 1.54) is 36.2 Å². The zero-order valence-electron chi connectivity index (χ0n) is 13.3. The van der Waals surface area contributed by atoms with Crippen molar-refractivity contribution < 1.29 is 18.0 Å². The van der Waals surface area contributed by atoms with E-state index < -0.39 is 17.7 Å². The van der Waals surface area contributed by atoms with E-state index in [1.807, 2.05) is 20.8 Å². The van der Waals surface area contributed by atoms with E-state index in [0.29, 0.717) is 12.0 Å². The number of nitrogens with zero attached hydrogens (tertiary/aromatic N) is 1. The number of likely N-dealkylation sites (N-methyl/N-ethyl adjacent to an activating group) is 1. The van der Waals surface area contributed by atoms with E-state index in [0.717, 1.165) is 6.42 Å². The summed E-state index contributed by atoms with van der Waals surface area (Å²) in [4.78, 5) is 13.5. The van der Waals surface area contributed by atoms with Gasteiger partial charge in [0.05, 0.1) is 5.57 Å². The molecule has 0 saturated carbocycles. The van der Waals surface area contributed by atoms with Crippen LogP contribution in [0.15, 0.2) is 36.4 Å². The van der Waals surface area contributed by atoms with E-state index >= 15 is 0 Å². The van der Waals surface area contributed by atoms with Gasteiger partial charge in [0.25, 0.3) is 0 Å². The molecule has 0 saturated heterocycles. The summed E-state index contributed by atoms with van der Waals surface area (Å²) in [5, 5.41) is 0. The highest BCUT2D eigenvalue weighted by atomic mass is 19.4. The topological polar surface area (TPSA) is 20.3 Å². The number of hydrogen-bond donors (Lipinski definition) is 0. The molecule has 0 aliphatic heterocycles. The maximum absolute atomic E-state index is 13.2. The summed E-state index contributed by atoms with van der Waals surface area (Å²) in [5.74, 6) is -0.269. The Balaban J connectivity index is 3.05. The first kappa shape index (κ1) is 18.3. The van der Waals surface area contributed by atoms with Gasteiger partial charge >= 0.3 is 6.18 Å². The highest BCUT2D eigenvalue weighted by Crippen LogP contribution is 2.33. The molecule has 0 radical (unpaired) electrons. The molecule has 1 amide bonds. The van der Waals surface area contributed by atoms with Crippen LogP contribution in [0, 0.1) is 5.92 Å². The van der Waals surface area contributed by atoms with Crippen LogP contribution < -0.4 is 0 Å². The quantitative estimate of drug-likeness (QED) is 0.732. The Morgan fingerprint density at radius 1 is 1.18 bits per heavy atom. The molecule has 1 unspecified atom stereocenters. The van der Waals surface area contributed by atoms with Crippen molar-refractivity contribution in [2.24, 2.45) is 5.92 Å². The third-order valence-electron chi connectivity index (χ3n) is 3.48. The summed E-state index contributed by atoms with van der Waals surface area (Å²) in [6, 6.07) is 7.26. The van der Waals surface area contributed by atoms with Crippen LogP contribution in [0.5, 0.6) is 0 Å². The van der Waals surface area contributed by atoms with E-state index in [1.54, 1.807) is 6.07 Å². The molecule has 1 atom stereocenters. The first-order chi connectivity index (χ1) is 10.1. The average molecular weight is 313 g/mol. The first-order valence-electron chi connectivity index (χ1n) is 7.24. The number of carbonyl (C=O) groups excluding carboxylic acids is 1. The minimum absolute atomic E-state index is 0.00624. The van der Waals surface area contributed by atoms with Crippen LogP contribution in [0.4, 0.5) is 13.2 Å². The summed E-state index contributed by atoms with van der Waals surface area (Å²) in [5.41, 5.74) is -0.921. The lowest BCUT2D eigenvalue weighted by Gasteiger charge is -2.26. The molecule has 1 aromatic rings. The van der Waals surface area contributed by atoms with Crippen molar-refractivity contribution in [1.82, 2.24) is 4.90 Å². The van der Waals surface area contributed by atoms with Crippen LogP contribution in [0.1, 0.15) is 32.8 Å². The lowest BCUT2D eigenvalue weighted by Crippen LogP contribution is -2.35. The van der Waals surface area contributed by atoms with Gasteiger partial charge in [0.2, 0.25) is 5.91 Å². The molecule has 0 aliphatic rings. The SMILES string of the molecule is CC(C)CC(C)N(C)C(=O)/C=C(/c1ccccc1)C(F)(F)F. The molecule has 0 aliphatic carbocycles. The molecule has 0 aromatic heterocycles. The minimum atomic E-state index is -4.57. The van der Waals surface area contributed by atoms with Gasteiger partial charge in [0.1, 0.15) is 0 Å². The minimum Gasteiger partial charge on any atom is -0.339 e. The number of carbonyl (C=O) groups is 1. The molecule has 0 spiro atoms. The standard InChI is InChI=1S/C17H22F3NO/c1-12(2)10-13(3)21(4)16(22)11-15(17(18,19)20)14-8-6-5-7-9-14/h5-9,11-13H,10H2,1-4H3/b15-11-. The Hall–Kier alpha value is -1.78. The summed E-state index contributed by atoms with van der Waals surface area (Å²) >= 11 is 0. The fourth-order valence-corrected chi connectivity index (χ4v) is 2.23. The molecule has 1 rings (SSSR count). The van der Waals surface area contributed by atoms with Crippen molar-refractivity contribution in [3.63, 3.8) is 0 Å². The maximum Gasteiger partial charge on any atom is 0.417 e. The van der Waals surface area contributed by atoms with Crippen molar-refractivity contribution in [3.8, 4) is 0 Å². The van der Waals surface area contributed by atoms with Crippen LogP contribution in [0.3, 0.4) is 0 Å². The van der Waals surface area contributed by atoms with E-state index in [9.17, 15) is 18.0 Å². The number of benzene rings is 1. The highest BCUT2D eigenvalue weighted by Gasteiger charge is 2.35. The van der Waals surface area contributed by atoms with Gasteiger partial charge in [-0.15, -0.1) is 0 Å². The Morgan fingerprint density at radius 2 is 1.73 bits per heavy atom. The predicted octanol–water partition coefficient (Wildman–Crippen LogP) is 4.53. The van der Waals surface area contributed by atoms with Gasteiger partial charge in [-0.05, 0) is 24.8 Å². The first-order valence-corrected chi connectivity index (χ1v) is 7.24. The summed E-state index contributed by atoms with van der Waals surface area (Å²) in [6.07, 6.45) is -3.14. The van der Waals surface area contributed by atoms with Crippen molar-refractivity contribution in [1.29, 1.82) is 0 Å². The molecule has 0 bridgehead atoms. The van der Waals surface area contributed by atoms with Gasteiger partial charge in [-0.1, -0.05) is 44.2 Å². The third-order valence-corrected chi connectivity index (χ3v) is 3.48. The monoisotopic (exact) mass is 313 g/mol. The third kappa shape index (κ3) is 5.20. The summed E-state index contributed by atoms with van der Waals surface area (Å²) < 4.78 is 39.6. The largest absolute Gasteiger partial charge is 0.417 e. The lowest BCUT2D eigenvalue weighted by molar-refractivity contribution is -0.127. The number of rotatable bonds is 5. The van der Waals surface area contributed by atoms with Crippen LogP contribution in [0.2, 0.25) is 0 Å². The molecule has 2 nitrogen and oxygen atoms in total. The van der Waals surface area contributed by atoms with Crippen molar-refractivity contribution in [3.05, 3.63) is 42.0 Å². The number of allylic oxidation sites excluding steroid dienone is 1. The fourth-order valence-electron chi connectivity index (χ4n) is 2.23. The van der Waals surface area contributed by atoms with Gasteiger partial charge in [-0.3, -0.25) is 4.79 Å². The molecular formula is C17H22F3NO. The number of amides is 1. The van der Waals surface area contributed by atoms with Crippen LogP contribution >= 0.6 is 0 Å². The average Bonchev–Trinajstić information content (AvgIpc) is 2.42. The second-order valence-electron chi connectivity index (χ2n) is 5.85. The second kappa shape index (κ2) is 7.47. The van der Waals surface area contributed by atoms with E-state index in [4.69, 9.17) is 0 Å². The van der Waals surface area contributed by atoms with Crippen molar-refractivity contribution in [2.75, 3.05) is 7.05 Å². The van der Waals surface area contributed by atoms with Gasteiger partial charge in [-0.25, -0.2) is 0 Å². The molecule has 22 heavy (non-hydrogen) atoms. The van der Waals surface area contributed by atoms with Crippen molar-refractivity contribution in [2.45, 2.75) is 39.4 Å². The number of hydrogen-bond acceptors (Lipinski definition) is 1. The smallest absolute Gasteiger partial charge is 0.339 e. The Morgan fingerprint density at radius 3 is 2.18 bits per heavy atom. The molecule has 0 heterocycles. The van der Waals surface area contributed by atoms with Gasteiger partial charge in [0, 0.05) is 19.2 Å². The Labute approximate surface area is 129 Å². The number of alkyl halides is 3. The summed E-state index contributed by atoms with van der Waals surface area (Å²) in [6.45, 7) is 5.85. The van der Waals surface area contributed by atoms with Gasteiger partial charge < -0.3 is 4.90 Å². The fraction of sp³-hybridized carbons (Fsp3) is 0.471. The van der Waals surface area contributed by atoms with Crippen molar-refractivity contribution >= 4 is 11.5 Å². The lowest BCUT2D eigenvalue weighted by atomic mass is 10.0. The molecule has 0 fully saturated rings.